The molecule has 4 heteroatoms. The van der Waals surface area contributed by atoms with Crippen molar-refractivity contribution < 1.29 is 4.84 Å². The maximum absolute atomic E-state index is 5.37. The molecule has 1 unspecified atom stereocenters. The molecule has 0 amide bonds. The zero-order valence-electron chi connectivity index (χ0n) is 10.0. The first-order valence-electron chi connectivity index (χ1n) is 5.53. The smallest absolute Gasteiger partial charge is 0.0705 e. The van der Waals surface area contributed by atoms with Gasteiger partial charge in [-0.15, -0.1) is 0 Å². The second-order valence-corrected chi connectivity index (χ2v) is 4.17. The highest BCUT2D eigenvalue weighted by atomic mass is 16.6. The van der Waals surface area contributed by atoms with Crippen molar-refractivity contribution in [3.05, 3.63) is 18.0 Å². The normalized spacial score (nSPS) is 13.4. The Kier molecular flexibility index (Phi) is 4.78. The molecule has 15 heavy (non-hydrogen) atoms. The van der Waals surface area contributed by atoms with E-state index < -0.39 is 0 Å². The topological polar surface area (TPSA) is 39.1 Å². The van der Waals surface area contributed by atoms with Crippen molar-refractivity contribution in [2.75, 3.05) is 6.61 Å². The summed E-state index contributed by atoms with van der Waals surface area (Å²) in [6, 6.07) is 0.184. The SMILES string of the molecule is CCn1cc(C(C)NOCC(C)C)cn1. The first-order valence-corrected chi connectivity index (χ1v) is 5.53. The Morgan fingerprint density at radius 3 is 2.73 bits per heavy atom. The third-order valence-electron chi connectivity index (χ3n) is 2.15. The van der Waals surface area contributed by atoms with Crippen LogP contribution in [0.5, 0.6) is 0 Å². The quantitative estimate of drug-likeness (QED) is 0.733. The number of aromatic nitrogens is 2. The van der Waals surface area contributed by atoms with Crippen molar-refractivity contribution in [2.24, 2.45) is 5.92 Å². The van der Waals surface area contributed by atoms with E-state index in [-0.39, 0.29) is 6.04 Å². The second-order valence-electron chi connectivity index (χ2n) is 4.17. The van der Waals surface area contributed by atoms with Crippen molar-refractivity contribution >= 4 is 0 Å². The molecule has 1 aromatic rings. The number of nitrogens with zero attached hydrogens (tertiary/aromatic N) is 2. The molecular formula is C11H21N3O. The van der Waals surface area contributed by atoms with Gasteiger partial charge in [0.2, 0.25) is 0 Å². The third kappa shape index (κ3) is 4.01. The van der Waals surface area contributed by atoms with Crippen LogP contribution in [-0.4, -0.2) is 16.4 Å². The lowest BCUT2D eigenvalue weighted by Crippen LogP contribution is -2.21. The molecule has 4 nitrogen and oxygen atoms in total. The third-order valence-corrected chi connectivity index (χ3v) is 2.15. The molecule has 0 bridgehead atoms. The fourth-order valence-electron chi connectivity index (χ4n) is 1.18. The van der Waals surface area contributed by atoms with E-state index in [2.05, 4.69) is 38.3 Å². The monoisotopic (exact) mass is 211 g/mol. The molecular weight excluding hydrogens is 190 g/mol. The van der Waals surface area contributed by atoms with Crippen LogP contribution in [0.3, 0.4) is 0 Å². The van der Waals surface area contributed by atoms with Crippen LogP contribution in [0.2, 0.25) is 0 Å². The minimum atomic E-state index is 0.184. The van der Waals surface area contributed by atoms with Gasteiger partial charge in [0, 0.05) is 18.3 Å². The Morgan fingerprint density at radius 2 is 2.20 bits per heavy atom. The minimum Gasteiger partial charge on any atom is -0.301 e. The lowest BCUT2D eigenvalue weighted by Gasteiger charge is -2.13. The summed E-state index contributed by atoms with van der Waals surface area (Å²) in [7, 11) is 0. The van der Waals surface area contributed by atoms with Gasteiger partial charge < -0.3 is 4.84 Å². The molecule has 1 atom stereocenters. The number of nitrogens with one attached hydrogen (secondary N) is 1. The number of hydrogen-bond acceptors (Lipinski definition) is 3. The highest BCUT2D eigenvalue weighted by molar-refractivity contribution is 5.08. The molecule has 0 aromatic carbocycles. The van der Waals surface area contributed by atoms with Crippen LogP contribution in [0.15, 0.2) is 12.4 Å². The Hall–Kier alpha value is -0.870. The lowest BCUT2D eigenvalue weighted by atomic mass is 10.2. The first-order chi connectivity index (χ1) is 7.13. The highest BCUT2D eigenvalue weighted by Gasteiger charge is 2.07. The van der Waals surface area contributed by atoms with Crippen molar-refractivity contribution in [3.8, 4) is 0 Å². The van der Waals surface area contributed by atoms with Gasteiger partial charge in [-0.25, -0.2) is 0 Å². The van der Waals surface area contributed by atoms with Gasteiger partial charge in [0.1, 0.15) is 0 Å². The van der Waals surface area contributed by atoms with Crippen LogP contribution < -0.4 is 5.48 Å². The van der Waals surface area contributed by atoms with Gasteiger partial charge in [0.15, 0.2) is 0 Å². The number of hydroxylamine groups is 1. The summed E-state index contributed by atoms with van der Waals surface area (Å²) in [5.74, 6) is 0.545. The molecule has 1 N–H and O–H groups in total. The molecule has 0 radical (unpaired) electrons. The molecule has 0 fully saturated rings. The molecule has 0 aliphatic heterocycles. The van der Waals surface area contributed by atoms with E-state index >= 15 is 0 Å². The standard InChI is InChI=1S/C11H21N3O/c1-5-14-7-11(6-12-14)10(4)13-15-8-9(2)3/h6-7,9-10,13H,5,8H2,1-4H3. The van der Waals surface area contributed by atoms with Crippen LogP contribution in [0.1, 0.15) is 39.3 Å². The van der Waals surface area contributed by atoms with Gasteiger partial charge in [-0.1, -0.05) is 13.8 Å². The van der Waals surface area contributed by atoms with Gasteiger partial charge in [0.05, 0.1) is 18.8 Å². The highest BCUT2D eigenvalue weighted by Crippen LogP contribution is 2.10. The van der Waals surface area contributed by atoms with Crippen LogP contribution in [0.4, 0.5) is 0 Å². The zero-order chi connectivity index (χ0) is 11.3. The molecule has 0 spiro atoms. The Morgan fingerprint density at radius 1 is 1.47 bits per heavy atom. The number of rotatable bonds is 6. The van der Waals surface area contributed by atoms with Crippen LogP contribution in [-0.2, 0) is 11.4 Å². The van der Waals surface area contributed by atoms with Crippen LogP contribution in [0, 0.1) is 5.92 Å². The summed E-state index contributed by atoms with van der Waals surface area (Å²) in [5, 5.41) is 4.22. The molecule has 86 valence electrons. The molecule has 1 aromatic heterocycles. The van der Waals surface area contributed by atoms with E-state index in [1.54, 1.807) is 0 Å². The van der Waals surface area contributed by atoms with Crippen LogP contribution >= 0.6 is 0 Å². The molecule has 0 saturated heterocycles. The van der Waals surface area contributed by atoms with E-state index in [9.17, 15) is 0 Å². The van der Waals surface area contributed by atoms with E-state index in [1.165, 1.54) is 0 Å². The van der Waals surface area contributed by atoms with E-state index in [0.29, 0.717) is 5.92 Å². The second kappa shape index (κ2) is 5.88. The number of aryl methyl sites for hydroxylation is 1. The molecule has 1 rings (SSSR count). The lowest BCUT2D eigenvalue weighted by molar-refractivity contribution is 0.00408. The van der Waals surface area contributed by atoms with Crippen molar-refractivity contribution in [2.45, 2.75) is 40.3 Å². The molecule has 0 aliphatic rings. The Balaban J connectivity index is 2.36. The summed E-state index contributed by atoms with van der Waals surface area (Å²) in [4.78, 5) is 5.37. The Bertz CT molecular complexity index is 283. The summed E-state index contributed by atoms with van der Waals surface area (Å²) in [6.07, 6.45) is 3.91. The van der Waals surface area contributed by atoms with Gasteiger partial charge in [-0.05, 0) is 19.8 Å². The van der Waals surface area contributed by atoms with E-state index in [1.807, 2.05) is 17.1 Å². The predicted octanol–water partition coefficient (Wildman–Crippen LogP) is 2.14. The van der Waals surface area contributed by atoms with E-state index in [0.717, 1.165) is 18.7 Å². The molecule has 0 saturated carbocycles. The first kappa shape index (κ1) is 12.2. The summed E-state index contributed by atoms with van der Waals surface area (Å²) >= 11 is 0. The van der Waals surface area contributed by atoms with E-state index in [4.69, 9.17) is 4.84 Å². The van der Waals surface area contributed by atoms with Crippen molar-refractivity contribution in [1.82, 2.24) is 15.3 Å². The van der Waals surface area contributed by atoms with Crippen LogP contribution in [0.25, 0.3) is 0 Å². The van der Waals surface area contributed by atoms with Crippen molar-refractivity contribution in [3.63, 3.8) is 0 Å². The zero-order valence-corrected chi connectivity index (χ0v) is 10.0. The van der Waals surface area contributed by atoms with Gasteiger partial charge in [-0.3, -0.25) is 4.68 Å². The maximum atomic E-state index is 5.37. The summed E-state index contributed by atoms with van der Waals surface area (Å²) in [5.41, 5.74) is 4.17. The molecule has 0 aliphatic carbocycles. The Labute approximate surface area is 91.6 Å². The largest absolute Gasteiger partial charge is 0.301 e. The molecule has 1 heterocycles. The van der Waals surface area contributed by atoms with Gasteiger partial charge in [0.25, 0.3) is 0 Å². The average molecular weight is 211 g/mol. The van der Waals surface area contributed by atoms with Gasteiger partial charge >= 0.3 is 0 Å². The van der Waals surface area contributed by atoms with Crippen molar-refractivity contribution in [1.29, 1.82) is 0 Å². The fraction of sp³-hybridized carbons (Fsp3) is 0.727. The fourth-order valence-corrected chi connectivity index (χ4v) is 1.18. The summed E-state index contributed by atoms with van der Waals surface area (Å²) < 4.78 is 1.91. The maximum Gasteiger partial charge on any atom is 0.0705 e. The minimum absolute atomic E-state index is 0.184. The van der Waals surface area contributed by atoms with Gasteiger partial charge in [-0.2, -0.15) is 10.6 Å². The average Bonchev–Trinajstić information content (AvgIpc) is 2.65. The number of hydrogen-bond donors (Lipinski definition) is 1. The summed E-state index contributed by atoms with van der Waals surface area (Å²) in [6.45, 7) is 10.0. The predicted molar refractivity (Wildman–Crippen MR) is 60.2 cm³/mol.